The highest BCUT2D eigenvalue weighted by molar-refractivity contribution is 6.58. The number of hydrogen-bond acceptors (Lipinski definition) is 2. The summed E-state index contributed by atoms with van der Waals surface area (Å²) in [4.78, 5) is 6.16. The summed E-state index contributed by atoms with van der Waals surface area (Å²) in [6.45, 7) is 2.30. The predicted octanol–water partition coefficient (Wildman–Crippen LogP) is 1.23. The largest absolute Gasteiger partial charge is 0.516 e. The van der Waals surface area contributed by atoms with Crippen LogP contribution in [0.3, 0.4) is 0 Å². The van der Waals surface area contributed by atoms with Crippen molar-refractivity contribution in [3.05, 3.63) is 29.5 Å². The lowest BCUT2D eigenvalue weighted by atomic mass is 9.52. The van der Waals surface area contributed by atoms with Crippen molar-refractivity contribution < 1.29 is 4.74 Å². The second kappa shape index (κ2) is 5.12. The first-order valence-electron chi connectivity index (χ1n) is 7.93. The predicted molar refractivity (Wildman–Crippen MR) is 90.9 cm³/mol. The Morgan fingerprint density at radius 1 is 1.14 bits per heavy atom. The second-order valence-corrected chi connectivity index (χ2v) is 6.51. The molecule has 1 aromatic heterocycles. The number of nitrogens with zero attached hydrogens (tertiary/aromatic N) is 1. The molecule has 0 atom stereocenters. The Kier molecular flexibility index (Phi) is 3.33. The van der Waals surface area contributed by atoms with Gasteiger partial charge < -0.3 is 9.72 Å². The number of aromatic amines is 1. The summed E-state index contributed by atoms with van der Waals surface area (Å²) >= 11 is 0. The normalized spacial score (nSPS) is 19.8. The van der Waals surface area contributed by atoms with E-state index >= 15 is 0 Å². The van der Waals surface area contributed by atoms with Gasteiger partial charge in [-0.3, -0.25) is 4.90 Å². The number of fused-ring (bicyclic) bond motifs is 3. The van der Waals surface area contributed by atoms with Crippen LogP contribution in [0.4, 0.5) is 0 Å². The van der Waals surface area contributed by atoms with Crippen molar-refractivity contribution in [1.82, 2.24) is 9.88 Å². The summed E-state index contributed by atoms with van der Waals surface area (Å²) in [6, 6.07) is 6.70. The smallest absolute Gasteiger partial charge is 0.118 e. The highest BCUT2D eigenvalue weighted by atomic mass is 16.5. The summed E-state index contributed by atoms with van der Waals surface area (Å²) in [7, 11) is 16.5. The van der Waals surface area contributed by atoms with Crippen LogP contribution in [-0.4, -0.2) is 57.9 Å². The van der Waals surface area contributed by atoms with Gasteiger partial charge in [0.15, 0.2) is 0 Å². The van der Waals surface area contributed by atoms with Crippen LogP contribution in [0.2, 0.25) is 0 Å². The van der Waals surface area contributed by atoms with E-state index in [4.69, 9.17) is 28.3 Å². The van der Waals surface area contributed by atoms with E-state index in [1.165, 1.54) is 29.5 Å². The summed E-state index contributed by atoms with van der Waals surface area (Å²) in [6.07, 6.45) is 4.91. The standard InChI is InChI=1S/C16H17B3N2O/c17-16(18,19)22-11-3-4-12-13-5-7-21(10-1-2-10)8-6-14(13)20-15(12)9-11/h3-4,9-10,20H,1-2,5-8H2. The zero-order valence-electron chi connectivity index (χ0n) is 12.6. The molecule has 2 aliphatic rings. The Morgan fingerprint density at radius 2 is 1.91 bits per heavy atom. The molecule has 1 aliphatic heterocycles. The number of nitrogens with one attached hydrogen (secondary N) is 1. The molecule has 6 radical (unpaired) electrons. The quantitative estimate of drug-likeness (QED) is 0.859. The van der Waals surface area contributed by atoms with Gasteiger partial charge in [-0.1, -0.05) is 0 Å². The van der Waals surface area contributed by atoms with Crippen molar-refractivity contribution in [3.8, 4) is 5.75 Å². The van der Waals surface area contributed by atoms with Crippen molar-refractivity contribution in [3.63, 3.8) is 0 Å². The van der Waals surface area contributed by atoms with Crippen LogP contribution in [0, 0.1) is 0 Å². The minimum atomic E-state index is -1.65. The molecule has 0 bridgehead atoms. The SMILES string of the molecule is [B]C([B])([B])Oc1ccc2c3c([nH]c2c1)CCN(C1CC1)CC3. The summed E-state index contributed by atoms with van der Waals surface area (Å²) in [5, 5.41) is -0.390. The van der Waals surface area contributed by atoms with Gasteiger partial charge >= 0.3 is 0 Å². The minimum absolute atomic E-state index is 0.580. The molecule has 3 nitrogen and oxygen atoms in total. The number of aromatic nitrogens is 1. The molecule has 1 aromatic carbocycles. The van der Waals surface area contributed by atoms with E-state index in [2.05, 4.69) is 16.0 Å². The average molecular weight is 286 g/mol. The van der Waals surface area contributed by atoms with E-state index in [9.17, 15) is 0 Å². The molecule has 22 heavy (non-hydrogen) atoms. The first kappa shape index (κ1) is 14.3. The molecule has 2 heterocycles. The molecule has 1 aliphatic carbocycles. The highest BCUT2D eigenvalue weighted by Crippen LogP contribution is 2.32. The fraction of sp³-hybridized carbons (Fsp3) is 0.500. The average Bonchev–Trinajstić information content (AvgIpc) is 3.22. The zero-order chi connectivity index (χ0) is 15.3. The lowest BCUT2D eigenvalue weighted by molar-refractivity contribution is 0.277. The third-order valence-corrected chi connectivity index (χ3v) is 4.62. The monoisotopic (exact) mass is 286 g/mol. The van der Waals surface area contributed by atoms with Crippen LogP contribution in [0.25, 0.3) is 10.9 Å². The van der Waals surface area contributed by atoms with Crippen LogP contribution in [-0.2, 0) is 12.8 Å². The van der Waals surface area contributed by atoms with E-state index in [0.717, 1.165) is 37.5 Å². The van der Waals surface area contributed by atoms with Crippen LogP contribution in [0.5, 0.6) is 5.75 Å². The van der Waals surface area contributed by atoms with Gasteiger partial charge in [-0.05, 0) is 42.3 Å². The van der Waals surface area contributed by atoms with E-state index in [1.54, 1.807) is 0 Å². The fourth-order valence-electron chi connectivity index (χ4n) is 3.48. The summed E-state index contributed by atoms with van der Waals surface area (Å²) in [5.74, 6) is 0.580. The van der Waals surface area contributed by atoms with Crippen LogP contribution >= 0.6 is 0 Å². The van der Waals surface area contributed by atoms with Gasteiger partial charge in [-0.15, -0.1) is 0 Å². The number of hydrogen-bond donors (Lipinski definition) is 1. The first-order chi connectivity index (χ1) is 10.5. The van der Waals surface area contributed by atoms with Crippen molar-refractivity contribution in [1.29, 1.82) is 0 Å². The van der Waals surface area contributed by atoms with Gasteiger partial charge in [0.2, 0.25) is 0 Å². The van der Waals surface area contributed by atoms with E-state index < -0.39 is 5.30 Å². The molecule has 106 valence electrons. The Hall–Kier alpha value is -1.29. The Balaban J connectivity index is 1.62. The molecule has 6 heteroatoms. The summed E-state index contributed by atoms with van der Waals surface area (Å²) in [5.41, 5.74) is 3.84. The van der Waals surface area contributed by atoms with Gasteiger partial charge in [-0.2, -0.15) is 0 Å². The third kappa shape index (κ3) is 2.81. The van der Waals surface area contributed by atoms with Crippen molar-refractivity contribution >= 4 is 34.4 Å². The molecule has 2 aromatic rings. The van der Waals surface area contributed by atoms with E-state index in [-0.39, 0.29) is 0 Å². The van der Waals surface area contributed by atoms with Crippen LogP contribution in [0.1, 0.15) is 24.1 Å². The van der Waals surface area contributed by atoms with Crippen molar-refractivity contribution in [2.45, 2.75) is 37.0 Å². The zero-order valence-corrected chi connectivity index (χ0v) is 12.6. The van der Waals surface area contributed by atoms with Gasteiger partial charge in [0.1, 0.15) is 29.3 Å². The topological polar surface area (TPSA) is 28.3 Å². The number of ether oxygens (including phenoxy) is 1. The van der Waals surface area contributed by atoms with Crippen molar-refractivity contribution in [2.24, 2.45) is 0 Å². The lowest BCUT2D eigenvalue weighted by Gasteiger charge is -2.23. The van der Waals surface area contributed by atoms with Crippen molar-refractivity contribution in [2.75, 3.05) is 13.1 Å². The molecule has 1 saturated carbocycles. The maximum absolute atomic E-state index is 5.50. The fourth-order valence-corrected chi connectivity index (χ4v) is 3.48. The third-order valence-electron chi connectivity index (χ3n) is 4.62. The minimum Gasteiger partial charge on any atom is -0.516 e. The molecule has 1 fully saturated rings. The second-order valence-electron chi connectivity index (χ2n) is 6.51. The van der Waals surface area contributed by atoms with Gasteiger partial charge in [0.05, 0.1) is 0 Å². The Morgan fingerprint density at radius 3 is 2.64 bits per heavy atom. The highest BCUT2D eigenvalue weighted by Gasteiger charge is 2.30. The molecule has 0 amide bonds. The number of benzene rings is 1. The van der Waals surface area contributed by atoms with E-state index in [0.29, 0.717) is 5.75 Å². The molecule has 4 rings (SSSR count). The number of rotatable bonds is 3. The maximum Gasteiger partial charge on any atom is 0.118 e. The molecule has 0 saturated heterocycles. The van der Waals surface area contributed by atoms with Gasteiger partial charge in [-0.25, -0.2) is 0 Å². The molecular formula is C16H17B3N2O. The summed E-state index contributed by atoms with van der Waals surface area (Å²) < 4.78 is 5.33. The Labute approximate surface area is 135 Å². The molecule has 1 N–H and O–H groups in total. The first-order valence-corrected chi connectivity index (χ1v) is 7.93. The van der Waals surface area contributed by atoms with Crippen LogP contribution < -0.4 is 4.74 Å². The van der Waals surface area contributed by atoms with Crippen LogP contribution in [0.15, 0.2) is 18.2 Å². The maximum atomic E-state index is 5.50. The Bertz CT molecular complexity index is 703. The molecular weight excluding hydrogens is 269 g/mol. The van der Waals surface area contributed by atoms with E-state index in [1.807, 2.05) is 12.1 Å². The molecule has 0 spiro atoms. The number of H-pyrrole nitrogens is 1. The van der Waals surface area contributed by atoms with Gasteiger partial charge in [0.25, 0.3) is 0 Å². The lowest BCUT2D eigenvalue weighted by Crippen LogP contribution is -2.37. The molecule has 0 unspecified atom stereocenters. The van der Waals surface area contributed by atoms with Gasteiger partial charge in [0, 0.05) is 48.2 Å².